The van der Waals surface area contributed by atoms with Crippen LogP contribution in [0, 0.1) is 0 Å². The van der Waals surface area contributed by atoms with Crippen molar-refractivity contribution in [1.29, 1.82) is 0 Å². The molecular formula is C12H14BrNO2. The van der Waals surface area contributed by atoms with Crippen LogP contribution < -0.4 is 15.2 Å². The highest BCUT2D eigenvalue weighted by atomic mass is 79.9. The molecule has 0 saturated heterocycles. The van der Waals surface area contributed by atoms with E-state index in [0.29, 0.717) is 19.8 Å². The van der Waals surface area contributed by atoms with E-state index in [4.69, 9.17) is 15.2 Å². The summed E-state index contributed by atoms with van der Waals surface area (Å²) in [5.41, 5.74) is 6.48. The number of rotatable bonds is 2. The van der Waals surface area contributed by atoms with Crippen molar-refractivity contribution in [3.8, 4) is 11.5 Å². The molecule has 2 N–H and O–H groups in total. The van der Waals surface area contributed by atoms with Gasteiger partial charge >= 0.3 is 0 Å². The topological polar surface area (TPSA) is 44.5 Å². The van der Waals surface area contributed by atoms with Crippen LogP contribution >= 0.6 is 15.9 Å². The minimum atomic E-state index is 0.534. The molecule has 2 rings (SSSR count). The summed E-state index contributed by atoms with van der Waals surface area (Å²) < 4.78 is 12.2. The van der Waals surface area contributed by atoms with Crippen LogP contribution in [0.3, 0.4) is 0 Å². The summed E-state index contributed by atoms with van der Waals surface area (Å²) in [4.78, 5) is 0. The van der Waals surface area contributed by atoms with Gasteiger partial charge in [-0.3, -0.25) is 0 Å². The van der Waals surface area contributed by atoms with Gasteiger partial charge in [-0.15, -0.1) is 0 Å². The van der Waals surface area contributed by atoms with Gasteiger partial charge in [-0.1, -0.05) is 12.2 Å². The zero-order valence-electron chi connectivity index (χ0n) is 8.91. The lowest BCUT2D eigenvalue weighted by atomic mass is 10.2. The first-order chi connectivity index (χ1) is 7.81. The first-order valence-corrected chi connectivity index (χ1v) is 6.06. The van der Waals surface area contributed by atoms with Gasteiger partial charge in [0, 0.05) is 13.0 Å². The molecule has 4 heteroatoms. The molecule has 0 unspecified atom stereocenters. The standard InChI is InChI=1S/C12H14BrNO2/c13-10-7-9(3-1-4-14)8-11-12(10)16-6-2-5-15-11/h1,3,7-8H,2,4-6,14H2. The fourth-order valence-electron chi connectivity index (χ4n) is 1.55. The fourth-order valence-corrected chi connectivity index (χ4v) is 2.13. The van der Waals surface area contributed by atoms with Crippen LogP contribution in [0.4, 0.5) is 0 Å². The molecule has 1 aromatic carbocycles. The second-order valence-corrected chi connectivity index (χ2v) is 4.37. The van der Waals surface area contributed by atoms with Crippen molar-refractivity contribution in [3.63, 3.8) is 0 Å². The fraction of sp³-hybridized carbons (Fsp3) is 0.333. The maximum Gasteiger partial charge on any atom is 0.175 e. The highest BCUT2D eigenvalue weighted by Crippen LogP contribution is 2.38. The molecule has 0 amide bonds. The summed E-state index contributed by atoms with van der Waals surface area (Å²) in [6.07, 6.45) is 4.79. The normalized spacial score (nSPS) is 15.1. The molecule has 3 nitrogen and oxygen atoms in total. The average molecular weight is 284 g/mol. The zero-order chi connectivity index (χ0) is 11.4. The molecule has 0 saturated carbocycles. The Balaban J connectivity index is 2.35. The highest BCUT2D eigenvalue weighted by molar-refractivity contribution is 9.10. The summed E-state index contributed by atoms with van der Waals surface area (Å²) in [5.74, 6) is 1.59. The molecule has 1 heterocycles. The van der Waals surface area contributed by atoms with E-state index in [2.05, 4.69) is 15.9 Å². The molecule has 1 aliphatic heterocycles. The average Bonchev–Trinajstić information content (AvgIpc) is 2.51. The van der Waals surface area contributed by atoms with E-state index in [1.54, 1.807) is 0 Å². The number of halogens is 1. The SMILES string of the molecule is NCC=Cc1cc(Br)c2c(c1)OCCCO2. The van der Waals surface area contributed by atoms with Gasteiger partial charge in [0.1, 0.15) is 0 Å². The van der Waals surface area contributed by atoms with E-state index in [1.165, 1.54) is 0 Å². The minimum Gasteiger partial charge on any atom is -0.489 e. The predicted octanol–water partition coefficient (Wildman–Crippen LogP) is 2.58. The molecule has 1 aliphatic rings. The summed E-state index contributed by atoms with van der Waals surface area (Å²) in [7, 11) is 0. The summed E-state index contributed by atoms with van der Waals surface area (Å²) >= 11 is 3.49. The lowest BCUT2D eigenvalue weighted by Crippen LogP contribution is -1.97. The second kappa shape index (κ2) is 5.37. The Bertz CT molecular complexity index is 404. The molecule has 0 fully saturated rings. The smallest absolute Gasteiger partial charge is 0.175 e. The van der Waals surface area contributed by atoms with Gasteiger partial charge in [-0.05, 0) is 33.6 Å². The highest BCUT2D eigenvalue weighted by Gasteiger charge is 2.14. The first-order valence-electron chi connectivity index (χ1n) is 5.27. The Morgan fingerprint density at radius 2 is 2.12 bits per heavy atom. The van der Waals surface area contributed by atoms with Crippen LogP contribution in [-0.2, 0) is 0 Å². The largest absolute Gasteiger partial charge is 0.489 e. The van der Waals surface area contributed by atoms with E-state index >= 15 is 0 Å². The number of nitrogens with two attached hydrogens (primary N) is 1. The van der Waals surface area contributed by atoms with Gasteiger partial charge in [0.05, 0.1) is 17.7 Å². The van der Waals surface area contributed by atoms with E-state index in [1.807, 2.05) is 24.3 Å². The zero-order valence-corrected chi connectivity index (χ0v) is 10.5. The number of benzene rings is 1. The molecule has 0 atom stereocenters. The Labute approximate surface area is 103 Å². The van der Waals surface area contributed by atoms with E-state index in [9.17, 15) is 0 Å². The second-order valence-electron chi connectivity index (χ2n) is 3.52. The number of hydrogen-bond acceptors (Lipinski definition) is 3. The van der Waals surface area contributed by atoms with Crippen LogP contribution in [0.1, 0.15) is 12.0 Å². The Morgan fingerprint density at radius 3 is 2.94 bits per heavy atom. The van der Waals surface area contributed by atoms with E-state index in [-0.39, 0.29) is 0 Å². The third-order valence-electron chi connectivity index (χ3n) is 2.27. The molecule has 0 aromatic heterocycles. The van der Waals surface area contributed by atoms with Gasteiger partial charge in [0.15, 0.2) is 11.5 Å². The van der Waals surface area contributed by atoms with Crippen molar-refractivity contribution in [2.75, 3.05) is 19.8 Å². The predicted molar refractivity (Wildman–Crippen MR) is 67.8 cm³/mol. The minimum absolute atomic E-state index is 0.534. The van der Waals surface area contributed by atoms with E-state index in [0.717, 1.165) is 28.0 Å². The van der Waals surface area contributed by atoms with Gasteiger partial charge in [0.2, 0.25) is 0 Å². The molecule has 86 valence electrons. The lowest BCUT2D eigenvalue weighted by Gasteiger charge is -2.10. The molecule has 0 aliphatic carbocycles. The van der Waals surface area contributed by atoms with Crippen LogP contribution in [0.25, 0.3) is 6.08 Å². The number of fused-ring (bicyclic) bond motifs is 1. The molecule has 0 spiro atoms. The first kappa shape index (κ1) is 11.5. The molecule has 0 bridgehead atoms. The van der Waals surface area contributed by atoms with Crippen molar-refractivity contribution < 1.29 is 9.47 Å². The van der Waals surface area contributed by atoms with E-state index < -0.39 is 0 Å². The quantitative estimate of drug-likeness (QED) is 0.907. The van der Waals surface area contributed by atoms with Crippen LogP contribution in [0.15, 0.2) is 22.7 Å². The van der Waals surface area contributed by atoms with Crippen molar-refractivity contribution in [3.05, 3.63) is 28.2 Å². The maximum absolute atomic E-state index is 5.63. The Hall–Kier alpha value is -1.00. The summed E-state index contributed by atoms with van der Waals surface area (Å²) in [6.45, 7) is 1.93. The Kier molecular flexibility index (Phi) is 3.85. The van der Waals surface area contributed by atoms with Crippen molar-refractivity contribution in [2.24, 2.45) is 5.73 Å². The molecule has 1 aromatic rings. The van der Waals surface area contributed by atoms with Crippen LogP contribution in [0.5, 0.6) is 11.5 Å². The monoisotopic (exact) mass is 283 g/mol. The van der Waals surface area contributed by atoms with Gasteiger partial charge in [-0.25, -0.2) is 0 Å². The van der Waals surface area contributed by atoms with Gasteiger partial charge in [-0.2, -0.15) is 0 Å². The molecule has 16 heavy (non-hydrogen) atoms. The third kappa shape index (κ3) is 2.57. The van der Waals surface area contributed by atoms with Gasteiger partial charge < -0.3 is 15.2 Å². The summed E-state index contributed by atoms with van der Waals surface area (Å²) in [6, 6.07) is 3.97. The lowest BCUT2D eigenvalue weighted by molar-refractivity contribution is 0.296. The Morgan fingerprint density at radius 1 is 1.31 bits per heavy atom. The van der Waals surface area contributed by atoms with Crippen molar-refractivity contribution >= 4 is 22.0 Å². The van der Waals surface area contributed by atoms with Crippen LogP contribution in [-0.4, -0.2) is 19.8 Å². The molecule has 0 radical (unpaired) electrons. The van der Waals surface area contributed by atoms with Gasteiger partial charge in [0.25, 0.3) is 0 Å². The maximum atomic E-state index is 5.63. The number of ether oxygens (including phenoxy) is 2. The van der Waals surface area contributed by atoms with Crippen molar-refractivity contribution in [2.45, 2.75) is 6.42 Å². The summed E-state index contributed by atoms with van der Waals surface area (Å²) in [5, 5.41) is 0. The van der Waals surface area contributed by atoms with Crippen LogP contribution in [0.2, 0.25) is 0 Å². The third-order valence-corrected chi connectivity index (χ3v) is 2.86. The molecular weight excluding hydrogens is 270 g/mol. The van der Waals surface area contributed by atoms with Crippen molar-refractivity contribution in [1.82, 2.24) is 0 Å². The number of hydrogen-bond donors (Lipinski definition) is 1.